The molecule has 0 saturated carbocycles. The third kappa shape index (κ3) is 3.20. The van der Waals surface area contributed by atoms with Crippen LogP contribution in [0.15, 0.2) is 29.2 Å². The second-order valence-corrected chi connectivity index (χ2v) is 7.68. The molecule has 28 heavy (non-hydrogen) atoms. The predicted molar refractivity (Wildman–Crippen MR) is 101 cm³/mol. The van der Waals surface area contributed by atoms with Crippen LogP contribution >= 0.6 is 11.8 Å². The van der Waals surface area contributed by atoms with Crippen LogP contribution < -0.4 is 26.2 Å². The Kier molecular flexibility index (Phi) is 5.15. The molecule has 2 aliphatic rings. The summed E-state index contributed by atoms with van der Waals surface area (Å²) in [6, 6.07) is 5.19. The van der Waals surface area contributed by atoms with Gasteiger partial charge in [0.05, 0.1) is 18.1 Å². The molecule has 0 amide bonds. The number of alkyl halides is 1. The molecule has 0 aliphatic carbocycles. The van der Waals surface area contributed by atoms with E-state index in [9.17, 15) is 19.4 Å². The molecule has 3 heterocycles. The number of aliphatic hydroxyl groups is 2. The fraction of sp³-hybridized carbons (Fsp3) is 0.412. The van der Waals surface area contributed by atoms with E-state index in [1.807, 2.05) is 0 Å². The molecule has 9 nitrogen and oxygen atoms in total. The van der Waals surface area contributed by atoms with Crippen LogP contribution in [0.1, 0.15) is 5.37 Å². The first-order chi connectivity index (χ1) is 13.5. The van der Waals surface area contributed by atoms with Crippen molar-refractivity contribution in [1.29, 1.82) is 0 Å². The summed E-state index contributed by atoms with van der Waals surface area (Å²) >= 11 is 0.982. The minimum Gasteiger partial charge on any atom is -0.490 e. The van der Waals surface area contributed by atoms with Gasteiger partial charge >= 0.3 is 5.69 Å². The van der Waals surface area contributed by atoms with Crippen LogP contribution in [0.2, 0.25) is 0 Å². The number of nitrogens with one attached hydrogen (secondary N) is 1. The Labute approximate surface area is 163 Å². The third-order valence-corrected chi connectivity index (χ3v) is 6.04. The van der Waals surface area contributed by atoms with Gasteiger partial charge in [0, 0.05) is 6.54 Å². The van der Waals surface area contributed by atoms with Gasteiger partial charge in [-0.05, 0) is 12.1 Å². The topological polar surface area (TPSA) is 132 Å². The van der Waals surface area contributed by atoms with Crippen molar-refractivity contribution >= 4 is 23.3 Å². The van der Waals surface area contributed by atoms with Crippen molar-refractivity contribution in [3.63, 3.8) is 0 Å². The van der Waals surface area contributed by atoms with Gasteiger partial charge in [-0.3, -0.25) is 4.57 Å². The maximum Gasteiger partial charge on any atom is 0.350 e. The highest BCUT2D eigenvalue weighted by molar-refractivity contribution is 8.00. The summed E-state index contributed by atoms with van der Waals surface area (Å²) < 4.78 is 27.0. The molecular formula is C17H19FN4O5S. The zero-order valence-corrected chi connectivity index (χ0v) is 15.4. The minimum atomic E-state index is -1.72. The molecule has 4 rings (SSSR count). The van der Waals surface area contributed by atoms with Gasteiger partial charge in [-0.1, -0.05) is 6.07 Å². The van der Waals surface area contributed by atoms with Crippen molar-refractivity contribution in [3.05, 3.63) is 34.9 Å². The molecule has 2 aliphatic heterocycles. The van der Waals surface area contributed by atoms with E-state index in [2.05, 4.69) is 10.3 Å². The van der Waals surface area contributed by atoms with E-state index >= 15 is 0 Å². The summed E-state index contributed by atoms with van der Waals surface area (Å²) in [6.45, 7) is 0.256. The van der Waals surface area contributed by atoms with Crippen molar-refractivity contribution in [3.8, 4) is 17.2 Å². The van der Waals surface area contributed by atoms with Gasteiger partial charge in [0.1, 0.15) is 29.5 Å². The summed E-state index contributed by atoms with van der Waals surface area (Å²) in [6.07, 6.45) is -1.74. The van der Waals surface area contributed by atoms with Crippen molar-refractivity contribution < 1.29 is 24.1 Å². The van der Waals surface area contributed by atoms with Gasteiger partial charge in [0.2, 0.25) is 0 Å². The van der Waals surface area contributed by atoms with E-state index in [-0.39, 0.29) is 11.6 Å². The van der Waals surface area contributed by atoms with Crippen molar-refractivity contribution in [1.82, 2.24) is 9.55 Å². The number of hydrogen-bond donors (Lipinski definition) is 4. The van der Waals surface area contributed by atoms with Crippen LogP contribution in [-0.4, -0.2) is 57.0 Å². The predicted octanol–water partition coefficient (Wildman–Crippen LogP) is 0.735. The highest BCUT2D eigenvalue weighted by atomic mass is 32.2. The molecule has 150 valence electrons. The number of fused-ring (bicyclic) bond motifs is 2. The van der Waals surface area contributed by atoms with E-state index in [0.717, 1.165) is 16.3 Å². The van der Waals surface area contributed by atoms with Crippen LogP contribution in [0, 0.1) is 0 Å². The number of benzene rings is 1. The number of ether oxygens (including phenoxy) is 2. The van der Waals surface area contributed by atoms with E-state index in [1.54, 1.807) is 18.2 Å². The Hall–Kier alpha value is -2.34. The fourth-order valence-electron chi connectivity index (χ4n) is 3.12. The largest absolute Gasteiger partial charge is 0.490 e. The average molecular weight is 410 g/mol. The first-order valence-electron chi connectivity index (χ1n) is 8.66. The molecule has 0 radical (unpaired) electrons. The highest BCUT2D eigenvalue weighted by Crippen LogP contribution is 2.47. The first-order valence-corrected chi connectivity index (χ1v) is 9.60. The quantitative estimate of drug-likeness (QED) is 0.481. The van der Waals surface area contributed by atoms with Crippen LogP contribution in [0.25, 0.3) is 0 Å². The second kappa shape index (κ2) is 7.59. The van der Waals surface area contributed by atoms with Crippen LogP contribution in [-0.2, 0) is 0 Å². The number of nitrogens with two attached hydrogens (primary N) is 1. The molecule has 0 bridgehead atoms. The summed E-state index contributed by atoms with van der Waals surface area (Å²) in [4.78, 5) is 16.4. The normalized spacial score (nSPS) is 25.4. The number of aromatic nitrogens is 2. The average Bonchev–Trinajstić information content (AvgIpc) is 2.98. The molecule has 2 unspecified atom stereocenters. The van der Waals surface area contributed by atoms with Gasteiger partial charge in [-0.2, -0.15) is 4.98 Å². The number of aliphatic hydroxyl groups excluding tert-OH is 2. The molecule has 4 atom stereocenters. The Bertz CT molecular complexity index is 942. The van der Waals surface area contributed by atoms with Crippen LogP contribution in [0.4, 0.5) is 15.9 Å². The van der Waals surface area contributed by atoms with Crippen molar-refractivity contribution in [2.45, 2.75) is 22.9 Å². The number of thioether (sulfide) groups is 1. The molecule has 1 fully saturated rings. The zero-order valence-electron chi connectivity index (χ0n) is 14.6. The fourth-order valence-corrected chi connectivity index (χ4v) is 4.47. The van der Waals surface area contributed by atoms with Crippen molar-refractivity contribution in [2.24, 2.45) is 5.73 Å². The lowest BCUT2D eigenvalue weighted by molar-refractivity contribution is 0.0630. The molecule has 2 aromatic rings. The first kappa shape index (κ1) is 19.0. The Morgan fingerprint density at radius 2 is 2.25 bits per heavy atom. The SMILES string of the molecule is NCCOc1cccc2c1Nc1nc(=O)n([C@@H]3S[C@H](CO)C(O)C3F)cc1O2. The Balaban J connectivity index is 1.67. The minimum absolute atomic E-state index is 0.176. The lowest BCUT2D eigenvalue weighted by Gasteiger charge is -2.24. The molecule has 11 heteroatoms. The third-order valence-electron chi connectivity index (χ3n) is 4.49. The smallest absolute Gasteiger partial charge is 0.350 e. The Morgan fingerprint density at radius 3 is 2.96 bits per heavy atom. The van der Waals surface area contributed by atoms with E-state index in [4.69, 9.17) is 15.2 Å². The number of halogens is 1. The van der Waals surface area contributed by atoms with Gasteiger partial charge in [0.15, 0.2) is 23.5 Å². The standard InChI is InChI=1S/C17H19FN4O5S/c18-12-14(24)11(7-23)28-16(12)22-6-10-15(21-17(22)25)20-13-8(26-5-4-19)2-1-3-9(13)27-10/h1-3,6,11-12,14,16,23-24H,4-5,7,19H2,(H,20,21,25)/t11-,12?,14?,16-/m1/s1. The summed E-state index contributed by atoms with van der Waals surface area (Å²) in [5, 5.41) is 20.4. The molecule has 1 aromatic carbocycles. The molecule has 1 aromatic heterocycles. The highest BCUT2D eigenvalue weighted by Gasteiger charge is 2.45. The van der Waals surface area contributed by atoms with E-state index < -0.39 is 35.2 Å². The maximum absolute atomic E-state index is 14.5. The van der Waals surface area contributed by atoms with Crippen LogP contribution in [0.5, 0.6) is 17.2 Å². The number of rotatable bonds is 5. The molecule has 5 N–H and O–H groups in total. The Morgan fingerprint density at radius 1 is 1.43 bits per heavy atom. The van der Waals surface area contributed by atoms with Crippen LogP contribution in [0.3, 0.4) is 0 Å². The molecule has 0 spiro atoms. The lowest BCUT2D eigenvalue weighted by atomic mass is 10.1. The second-order valence-electron chi connectivity index (χ2n) is 6.32. The number of nitrogens with zero attached hydrogens (tertiary/aromatic N) is 2. The summed E-state index contributed by atoms with van der Waals surface area (Å²) in [7, 11) is 0. The number of hydrogen-bond acceptors (Lipinski definition) is 9. The number of anilines is 2. The van der Waals surface area contributed by atoms with Gasteiger partial charge < -0.3 is 30.7 Å². The summed E-state index contributed by atoms with van der Waals surface area (Å²) in [5.41, 5.74) is 5.28. The van der Waals surface area contributed by atoms with E-state index in [0.29, 0.717) is 30.3 Å². The summed E-state index contributed by atoms with van der Waals surface area (Å²) in [5.74, 6) is 1.37. The van der Waals surface area contributed by atoms with Gasteiger partial charge in [-0.15, -0.1) is 11.8 Å². The van der Waals surface area contributed by atoms with Gasteiger partial charge in [0.25, 0.3) is 0 Å². The maximum atomic E-state index is 14.5. The molecule has 1 saturated heterocycles. The number of para-hydroxylation sites is 1. The zero-order chi connectivity index (χ0) is 19.8. The van der Waals surface area contributed by atoms with E-state index in [1.165, 1.54) is 6.20 Å². The lowest BCUT2D eigenvalue weighted by Crippen LogP contribution is -2.33. The van der Waals surface area contributed by atoms with Crippen molar-refractivity contribution in [2.75, 3.05) is 25.1 Å². The van der Waals surface area contributed by atoms with Gasteiger partial charge in [-0.25, -0.2) is 9.18 Å². The molecular weight excluding hydrogens is 391 g/mol. The monoisotopic (exact) mass is 410 g/mol.